The summed E-state index contributed by atoms with van der Waals surface area (Å²) in [7, 11) is 0. The van der Waals surface area contributed by atoms with E-state index in [0.29, 0.717) is 12.1 Å². The lowest BCUT2D eigenvalue weighted by atomic mass is 9.87. The van der Waals surface area contributed by atoms with Gasteiger partial charge in [0.2, 0.25) is 0 Å². The van der Waals surface area contributed by atoms with E-state index in [9.17, 15) is 4.79 Å². The van der Waals surface area contributed by atoms with E-state index in [1.165, 1.54) is 32.1 Å². The van der Waals surface area contributed by atoms with E-state index < -0.39 is 0 Å². The van der Waals surface area contributed by atoms with E-state index in [1.807, 2.05) is 0 Å². The Labute approximate surface area is 127 Å². The lowest BCUT2D eigenvalue weighted by Crippen LogP contribution is -2.26. The van der Waals surface area contributed by atoms with Gasteiger partial charge >= 0.3 is 0 Å². The topological polar surface area (TPSA) is 42.0 Å². The summed E-state index contributed by atoms with van der Waals surface area (Å²) in [4.78, 5) is 16.0. The average molecular weight is 346 g/mol. The third-order valence-corrected chi connectivity index (χ3v) is 4.35. The molecule has 1 amide bonds. The van der Waals surface area contributed by atoms with Gasteiger partial charge < -0.3 is 5.32 Å². The predicted octanol–water partition coefficient (Wildman–Crippen LogP) is 4.20. The number of carbonyl (C=O) groups excluding carboxylic acids is 1. The molecule has 0 radical (unpaired) electrons. The zero-order valence-electron chi connectivity index (χ0n) is 10.8. The van der Waals surface area contributed by atoms with Gasteiger partial charge in [0.15, 0.2) is 0 Å². The van der Waals surface area contributed by atoms with Crippen LogP contribution in [-0.2, 0) is 0 Å². The molecule has 0 unspecified atom stereocenters. The van der Waals surface area contributed by atoms with Crippen LogP contribution in [0.15, 0.2) is 16.7 Å². The molecule has 19 heavy (non-hydrogen) atoms. The van der Waals surface area contributed by atoms with Crippen LogP contribution < -0.4 is 5.32 Å². The maximum Gasteiger partial charge on any atom is 0.254 e. The van der Waals surface area contributed by atoms with Crippen LogP contribution in [0.3, 0.4) is 0 Å². The van der Waals surface area contributed by atoms with Crippen molar-refractivity contribution in [1.29, 1.82) is 0 Å². The zero-order valence-corrected chi connectivity index (χ0v) is 13.1. The minimum absolute atomic E-state index is 0.144. The summed E-state index contributed by atoms with van der Waals surface area (Å²) in [5.74, 6) is 0.625. The second-order valence-electron chi connectivity index (χ2n) is 5.04. The van der Waals surface area contributed by atoms with Gasteiger partial charge in [-0.2, -0.15) is 0 Å². The normalized spacial score (nSPS) is 16.3. The first-order chi connectivity index (χ1) is 9.16. The van der Waals surface area contributed by atoms with E-state index in [-0.39, 0.29) is 11.1 Å². The average Bonchev–Trinajstić information content (AvgIpc) is 2.42. The highest BCUT2D eigenvalue weighted by molar-refractivity contribution is 9.10. The summed E-state index contributed by atoms with van der Waals surface area (Å²) in [6.07, 6.45) is 9.28. The minimum Gasteiger partial charge on any atom is -0.352 e. The van der Waals surface area contributed by atoms with E-state index in [2.05, 4.69) is 26.2 Å². The molecule has 1 aliphatic carbocycles. The first kappa shape index (κ1) is 14.8. The molecule has 1 aromatic heterocycles. The standard InChI is InChI=1S/C14H18BrClN2O/c15-11-8-12(13(16)18-9-11)14(19)17-7-6-10-4-2-1-3-5-10/h8-10H,1-7H2,(H,17,19). The molecular weight excluding hydrogens is 328 g/mol. The van der Waals surface area contributed by atoms with Crippen molar-refractivity contribution in [3.05, 3.63) is 27.5 Å². The number of carbonyl (C=O) groups is 1. The number of nitrogens with one attached hydrogen (secondary N) is 1. The number of aromatic nitrogens is 1. The molecule has 1 heterocycles. The van der Waals surface area contributed by atoms with Gasteiger partial charge in [-0.3, -0.25) is 4.79 Å². The maximum absolute atomic E-state index is 12.0. The fourth-order valence-electron chi connectivity index (χ4n) is 2.54. The van der Waals surface area contributed by atoms with Gasteiger partial charge in [0.25, 0.3) is 5.91 Å². The Morgan fingerprint density at radius 2 is 2.16 bits per heavy atom. The number of pyridine rings is 1. The van der Waals surface area contributed by atoms with Gasteiger partial charge in [-0.15, -0.1) is 0 Å². The Morgan fingerprint density at radius 3 is 2.89 bits per heavy atom. The van der Waals surface area contributed by atoms with Crippen LogP contribution in [0.5, 0.6) is 0 Å². The van der Waals surface area contributed by atoms with Crippen LogP contribution in [0.25, 0.3) is 0 Å². The zero-order chi connectivity index (χ0) is 13.7. The fourth-order valence-corrected chi connectivity index (χ4v) is 3.06. The van der Waals surface area contributed by atoms with E-state index >= 15 is 0 Å². The van der Waals surface area contributed by atoms with Crippen molar-refractivity contribution in [2.45, 2.75) is 38.5 Å². The molecule has 0 aliphatic heterocycles. The van der Waals surface area contributed by atoms with Crippen molar-refractivity contribution < 1.29 is 4.79 Å². The highest BCUT2D eigenvalue weighted by Crippen LogP contribution is 2.25. The highest BCUT2D eigenvalue weighted by atomic mass is 79.9. The third-order valence-electron chi connectivity index (χ3n) is 3.61. The van der Waals surface area contributed by atoms with Crippen LogP contribution >= 0.6 is 27.5 Å². The largest absolute Gasteiger partial charge is 0.352 e. The van der Waals surface area contributed by atoms with Crippen LogP contribution in [0.4, 0.5) is 0 Å². The second-order valence-corrected chi connectivity index (χ2v) is 6.31. The summed E-state index contributed by atoms with van der Waals surface area (Å²) in [5.41, 5.74) is 0.430. The molecule has 1 aromatic rings. The molecule has 0 bridgehead atoms. The number of nitrogens with zero attached hydrogens (tertiary/aromatic N) is 1. The summed E-state index contributed by atoms with van der Waals surface area (Å²) in [6, 6.07) is 1.70. The quantitative estimate of drug-likeness (QED) is 0.831. The molecule has 3 nitrogen and oxygen atoms in total. The summed E-state index contributed by atoms with van der Waals surface area (Å²) in [5, 5.41) is 3.18. The Kier molecular flexibility index (Phi) is 5.64. The lowest BCUT2D eigenvalue weighted by Gasteiger charge is -2.21. The van der Waals surface area contributed by atoms with Crippen molar-refractivity contribution in [3.8, 4) is 0 Å². The highest BCUT2D eigenvalue weighted by Gasteiger charge is 2.15. The predicted molar refractivity (Wildman–Crippen MR) is 80.5 cm³/mol. The van der Waals surface area contributed by atoms with Gasteiger partial charge in [0.05, 0.1) is 5.56 Å². The molecule has 1 N–H and O–H groups in total. The number of halogens is 2. The van der Waals surface area contributed by atoms with E-state index in [1.54, 1.807) is 12.3 Å². The van der Waals surface area contributed by atoms with E-state index in [4.69, 9.17) is 11.6 Å². The number of amides is 1. The SMILES string of the molecule is O=C(NCCC1CCCCC1)c1cc(Br)cnc1Cl. The van der Waals surface area contributed by atoms with Crippen LogP contribution in [0.1, 0.15) is 48.9 Å². The van der Waals surface area contributed by atoms with Gasteiger partial charge in [-0.25, -0.2) is 4.98 Å². The summed E-state index contributed by atoms with van der Waals surface area (Å²) in [6.45, 7) is 0.715. The first-order valence-corrected chi connectivity index (χ1v) is 7.93. The Hall–Kier alpha value is -0.610. The molecular formula is C14H18BrClN2O. The first-order valence-electron chi connectivity index (χ1n) is 6.76. The van der Waals surface area contributed by atoms with Crippen molar-refractivity contribution >= 4 is 33.4 Å². The molecule has 0 atom stereocenters. The van der Waals surface area contributed by atoms with E-state index in [0.717, 1.165) is 16.8 Å². The van der Waals surface area contributed by atoms with Gasteiger partial charge in [-0.1, -0.05) is 43.7 Å². The van der Waals surface area contributed by atoms with Crippen LogP contribution in [0, 0.1) is 5.92 Å². The molecule has 0 saturated heterocycles. The van der Waals surface area contributed by atoms with Crippen LogP contribution in [-0.4, -0.2) is 17.4 Å². The number of rotatable bonds is 4. The molecule has 0 aromatic carbocycles. The monoisotopic (exact) mass is 344 g/mol. The number of hydrogen-bond acceptors (Lipinski definition) is 2. The molecule has 0 spiro atoms. The molecule has 1 fully saturated rings. The van der Waals surface area contributed by atoms with Gasteiger partial charge in [0.1, 0.15) is 5.15 Å². The van der Waals surface area contributed by atoms with Crippen LogP contribution in [0.2, 0.25) is 5.15 Å². The van der Waals surface area contributed by atoms with Crippen molar-refractivity contribution in [2.75, 3.05) is 6.54 Å². The lowest BCUT2D eigenvalue weighted by molar-refractivity contribution is 0.0950. The second kappa shape index (κ2) is 7.25. The smallest absolute Gasteiger partial charge is 0.254 e. The van der Waals surface area contributed by atoms with Crippen molar-refractivity contribution in [3.63, 3.8) is 0 Å². The van der Waals surface area contributed by atoms with Gasteiger partial charge in [0, 0.05) is 17.2 Å². The molecule has 1 aliphatic rings. The van der Waals surface area contributed by atoms with Crippen molar-refractivity contribution in [1.82, 2.24) is 10.3 Å². The maximum atomic E-state index is 12.0. The number of hydrogen-bond donors (Lipinski definition) is 1. The molecule has 2 rings (SSSR count). The Balaban J connectivity index is 1.82. The summed E-state index contributed by atoms with van der Waals surface area (Å²) >= 11 is 9.22. The summed E-state index contributed by atoms with van der Waals surface area (Å²) < 4.78 is 0.759. The molecule has 5 heteroatoms. The Bertz CT molecular complexity index is 447. The molecule has 1 saturated carbocycles. The third kappa shape index (κ3) is 4.46. The van der Waals surface area contributed by atoms with Gasteiger partial charge in [-0.05, 0) is 34.3 Å². The van der Waals surface area contributed by atoms with Crippen molar-refractivity contribution in [2.24, 2.45) is 5.92 Å². The Morgan fingerprint density at radius 1 is 1.42 bits per heavy atom. The fraction of sp³-hybridized carbons (Fsp3) is 0.571. The minimum atomic E-state index is -0.144. The molecule has 104 valence electrons.